The molecule has 2 heterocycles. The first-order valence-electron chi connectivity index (χ1n) is 7.54. The highest BCUT2D eigenvalue weighted by Crippen LogP contribution is 2.33. The Bertz CT molecular complexity index is 471. The molecule has 1 fully saturated rings. The highest BCUT2D eigenvalue weighted by Gasteiger charge is 2.25. The zero-order valence-electron chi connectivity index (χ0n) is 11.9. The molecule has 1 amide bonds. The first-order valence-corrected chi connectivity index (χ1v) is 8.36. The lowest BCUT2D eigenvalue weighted by Crippen LogP contribution is -2.37. The minimum Gasteiger partial charge on any atom is -0.338 e. The summed E-state index contributed by atoms with van der Waals surface area (Å²) in [5, 5.41) is 0. The van der Waals surface area contributed by atoms with Gasteiger partial charge in [0.2, 0.25) is 0 Å². The molecule has 104 valence electrons. The average Bonchev–Trinajstić information content (AvgIpc) is 2.81. The largest absolute Gasteiger partial charge is 0.338 e. The second-order valence-electron chi connectivity index (χ2n) is 6.38. The second-order valence-corrected chi connectivity index (χ2v) is 7.52. The minimum atomic E-state index is 0.277. The van der Waals surface area contributed by atoms with Gasteiger partial charge < -0.3 is 4.90 Å². The van der Waals surface area contributed by atoms with Crippen LogP contribution in [0.3, 0.4) is 0 Å². The number of carbonyl (C=O) groups is 1. The van der Waals surface area contributed by atoms with E-state index in [-0.39, 0.29) is 5.91 Å². The van der Waals surface area contributed by atoms with Crippen molar-refractivity contribution in [3.05, 3.63) is 21.4 Å². The number of hydrogen-bond acceptors (Lipinski definition) is 2. The van der Waals surface area contributed by atoms with Gasteiger partial charge in [-0.1, -0.05) is 13.8 Å². The second kappa shape index (κ2) is 5.28. The van der Waals surface area contributed by atoms with Crippen LogP contribution in [0.1, 0.15) is 53.2 Å². The van der Waals surface area contributed by atoms with Gasteiger partial charge in [-0.05, 0) is 55.6 Å². The van der Waals surface area contributed by atoms with E-state index in [2.05, 4.69) is 24.8 Å². The molecule has 0 radical (unpaired) electrons. The standard InChI is InChI=1S/C16H23NOS/c1-11-5-7-17(8-6-11)16(18)15-10-13-9-12(2)3-4-14(13)19-15/h10-12H,3-9H2,1-2H3. The first kappa shape index (κ1) is 13.2. The smallest absolute Gasteiger partial charge is 0.263 e. The predicted octanol–water partition coefficient (Wildman–Crippen LogP) is 3.75. The van der Waals surface area contributed by atoms with E-state index in [4.69, 9.17) is 0 Å². The number of rotatable bonds is 1. The fourth-order valence-electron chi connectivity index (χ4n) is 3.18. The van der Waals surface area contributed by atoms with Gasteiger partial charge in [0.25, 0.3) is 5.91 Å². The quantitative estimate of drug-likeness (QED) is 0.765. The number of fused-ring (bicyclic) bond motifs is 1. The normalized spacial score (nSPS) is 24.3. The Labute approximate surface area is 119 Å². The van der Waals surface area contributed by atoms with E-state index in [1.54, 1.807) is 11.3 Å². The van der Waals surface area contributed by atoms with Crippen LogP contribution < -0.4 is 0 Å². The number of piperidine rings is 1. The maximum absolute atomic E-state index is 12.5. The van der Waals surface area contributed by atoms with Gasteiger partial charge in [0.15, 0.2) is 0 Å². The number of carbonyl (C=O) groups excluding carboxylic acids is 1. The molecule has 3 rings (SSSR count). The van der Waals surface area contributed by atoms with E-state index in [0.29, 0.717) is 0 Å². The van der Waals surface area contributed by atoms with E-state index in [9.17, 15) is 4.79 Å². The van der Waals surface area contributed by atoms with Crippen molar-refractivity contribution in [2.24, 2.45) is 11.8 Å². The van der Waals surface area contributed by atoms with Crippen LogP contribution in [-0.2, 0) is 12.8 Å². The molecule has 0 aromatic carbocycles. The number of aryl methyl sites for hydroxylation is 1. The van der Waals surface area contributed by atoms with E-state index in [0.717, 1.165) is 49.1 Å². The van der Waals surface area contributed by atoms with Crippen LogP contribution in [0.15, 0.2) is 6.07 Å². The minimum absolute atomic E-state index is 0.277. The van der Waals surface area contributed by atoms with Crippen LogP contribution in [0.4, 0.5) is 0 Å². The van der Waals surface area contributed by atoms with Gasteiger partial charge in [-0.3, -0.25) is 4.79 Å². The molecule has 1 aliphatic heterocycles. The molecule has 1 unspecified atom stereocenters. The molecule has 1 atom stereocenters. The Morgan fingerprint density at radius 1 is 1.21 bits per heavy atom. The van der Waals surface area contributed by atoms with Crippen LogP contribution in [0, 0.1) is 11.8 Å². The Morgan fingerprint density at radius 3 is 2.68 bits per heavy atom. The topological polar surface area (TPSA) is 20.3 Å². The third-order valence-electron chi connectivity index (χ3n) is 4.61. The molecule has 2 nitrogen and oxygen atoms in total. The average molecular weight is 277 g/mol. The summed E-state index contributed by atoms with van der Waals surface area (Å²) >= 11 is 1.75. The zero-order valence-corrected chi connectivity index (χ0v) is 12.8. The van der Waals surface area contributed by atoms with Crippen molar-refractivity contribution < 1.29 is 4.79 Å². The van der Waals surface area contributed by atoms with Crippen molar-refractivity contribution in [2.75, 3.05) is 13.1 Å². The highest BCUT2D eigenvalue weighted by atomic mass is 32.1. The van der Waals surface area contributed by atoms with E-state index in [1.165, 1.54) is 23.3 Å². The zero-order chi connectivity index (χ0) is 13.4. The summed E-state index contributed by atoms with van der Waals surface area (Å²) in [7, 11) is 0. The lowest BCUT2D eigenvalue weighted by Gasteiger charge is -2.29. The summed E-state index contributed by atoms with van der Waals surface area (Å²) in [6.07, 6.45) is 5.94. The molecule has 2 aliphatic rings. The van der Waals surface area contributed by atoms with Crippen LogP contribution in [0.5, 0.6) is 0 Å². The van der Waals surface area contributed by atoms with Crippen LogP contribution in [0.25, 0.3) is 0 Å². The lowest BCUT2D eigenvalue weighted by atomic mass is 9.90. The van der Waals surface area contributed by atoms with Crippen molar-refractivity contribution in [2.45, 2.75) is 46.0 Å². The molecule has 1 aliphatic carbocycles. The number of nitrogens with zero attached hydrogens (tertiary/aromatic N) is 1. The number of thiophene rings is 1. The molecular formula is C16H23NOS. The molecule has 0 N–H and O–H groups in total. The van der Waals surface area contributed by atoms with Crippen molar-refractivity contribution in [1.82, 2.24) is 4.90 Å². The molecule has 3 heteroatoms. The van der Waals surface area contributed by atoms with Crippen LogP contribution in [-0.4, -0.2) is 23.9 Å². The maximum Gasteiger partial charge on any atom is 0.263 e. The van der Waals surface area contributed by atoms with Crippen molar-refractivity contribution in [3.63, 3.8) is 0 Å². The molecule has 1 aromatic rings. The monoisotopic (exact) mass is 277 g/mol. The van der Waals surface area contributed by atoms with Gasteiger partial charge in [-0.2, -0.15) is 0 Å². The van der Waals surface area contributed by atoms with Gasteiger partial charge >= 0.3 is 0 Å². The summed E-state index contributed by atoms with van der Waals surface area (Å²) in [5.74, 6) is 1.83. The van der Waals surface area contributed by atoms with Gasteiger partial charge in [0.05, 0.1) is 4.88 Å². The predicted molar refractivity (Wildman–Crippen MR) is 79.8 cm³/mol. The molecule has 1 aromatic heterocycles. The highest BCUT2D eigenvalue weighted by molar-refractivity contribution is 7.14. The fraction of sp³-hybridized carbons (Fsp3) is 0.688. The van der Waals surface area contributed by atoms with E-state index in [1.807, 2.05) is 0 Å². The van der Waals surface area contributed by atoms with Crippen molar-refractivity contribution in [3.8, 4) is 0 Å². The molecule has 1 saturated heterocycles. The molecule has 0 spiro atoms. The fourth-order valence-corrected chi connectivity index (χ4v) is 4.36. The third-order valence-corrected chi connectivity index (χ3v) is 5.84. The molecule has 19 heavy (non-hydrogen) atoms. The van der Waals surface area contributed by atoms with Crippen LogP contribution in [0.2, 0.25) is 0 Å². The third kappa shape index (κ3) is 2.71. The Hall–Kier alpha value is -0.830. The molecule has 0 bridgehead atoms. The Balaban J connectivity index is 1.74. The van der Waals surface area contributed by atoms with Gasteiger partial charge in [-0.25, -0.2) is 0 Å². The van der Waals surface area contributed by atoms with Crippen molar-refractivity contribution in [1.29, 1.82) is 0 Å². The Kier molecular flexibility index (Phi) is 3.66. The Morgan fingerprint density at radius 2 is 1.95 bits per heavy atom. The number of likely N-dealkylation sites (tertiary alicyclic amines) is 1. The maximum atomic E-state index is 12.5. The summed E-state index contributed by atoms with van der Waals surface area (Å²) in [4.78, 5) is 17.0. The lowest BCUT2D eigenvalue weighted by molar-refractivity contribution is 0.0702. The number of amides is 1. The first-order chi connectivity index (χ1) is 9.13. The van der Waals surface area contributed by atoms with E-state index >= 15 is 0 Å². The summed E-state index contributed by atoms with van der Waals surface area (Å²) in [5.41, 5.74) is 1.44. The summed E-state index contributed by atoms with van der Waals surface area (Å²) in [6.45, 7) is 6.49. The van der Waals surface area contributed by atoms with E-state index < -0.39 is 0 Å². The van der Waals surface area contributed by atoms with Crippen LogP contribution >= 0.6 is 11.3 Å². The summed E-state index contributed by atoms with van der Waals surface area (Å²) in [6, 6.07) is 2.18. The SMILES string of the molecule is CC1CCN(C(=O)c2cc3c(s2)CCC(C)C3)CC1. The number of hydrogen-bond donors (Lipinski definition) is 0. The van der Waals surface area contributed by atoms with Gasteiger partial charge in [0.1, 0.15) is 0 Å². The van der Waals surface area contributed by atoms with Crippen molar-refractivity contribution >= 4 is 17.2 Å². The van der Waals surface area contributed by atoms with Gasteiger partial charge in [0, 0.05) is 18.0 Å². The van der Waals surface area contributed by atoms with Gasteiger partial charge in [-0.15, -0.1) is 11.3 Å². The summed E-state index contributed by atoms with van der Waals surface area (Å²) < 4.78 is 0. The molecular weight excluding hydrogens is 254 g/mol. The molecule has 0 saturated carbocycles.